The Hall–Kier alpha value is -3.85. The van der Waals surface area contributed by atoms with E-state index < -0.39 is 0 Å². The number of hydrogen-bond donors (Lipinski definition) is 0. The molecule has 0 fully saturated rings. The maximum atomic E-state index is 6.26. The van der Waals surface area contributed by atoms with Gasteiger partial charge in [-0.3, -0.25) is 4.98 Å². The number of hydrogen-bond acceptors (Lipinski definition) is 3. The van der Waals surface area contributed by atoms with Crippen LogP contribution in [0.25, 0.3) is 55.5 Å². The third-order valence-electron chi connectivity index (χ3n) is 5.15. The van der Waals surface area contributed by atoms with Crippen LogP contribution < -0.4 is 0 Å². The second kappa shape index (κ2) is 5.83. The molecule has 132 valence electrons. The van der Waals surface area contributed by atoms with E-state index in [1.807, 2.05) is 72.9 Å². The number of rotatable bonds is 2. The molecule has 0 aliphatic carbocycles. The van der Waals surface area contributed by atoms with Crippen LogP contribution >= 0.6 is 0 Å². The van der Waals surface area contributed by atoms with Crippen LogP contribution in [-0.2, 0) is 0 Å². The van der Waals surface area contributed by atoms with E-state index in [2.05, 4.69) is 23.2 Å². The lowest BCUT2D eigenvalue weighted by atomic mass is 10.1. The van der Waals surface area contributed by atoms with Crippen molar-refractivity contribution in [3.63, 3.8) is 0 Å². The molecule has 0 aliphatic heterocycles. The van der Waals surface area contributed by atoms with Crippen molar-refractivity contribution in [2.75, 3.05) is 0 Å². The molecule has 28 heavy (non-hydrogen) atoms. The summed E-state index contributed by atoms with van der Waals surface area (Å²) in [7, 11) is 0. The highest BCUT2D eigenvalue weighted by Crippen LogP contribution is 2.39. The zero-order valence-corrected chi connectivity index (χ0v) is 14.9. The minimum Gasteiger partial charge on any atom is -0.455 e. The van der Waals surface area contributed by atoms with Crippen LogP contribution in [0, 0.1) is 0 Å². The molecule has 0 saturated heterocycles. The van der Waals surface area contributed by atoms with Gasteiger partial charge in [-0.25, -0.2) is 0 Å². The molecule has 3 aromatic carbocycles. The van der Waals surface area contributed by atoms with Gasteiger partial charge in [-0.15, -0.1) is 0 Å². The van der Waals surface area contributed by atoms with Crippen molar-refractivity contribution in [1.82, 2.24) is 4.98 Å². The molecule has 0 saturated carbocycles. The Morgan fingerprint density at radius 2 is 1.46 bits per heavy atom. The zero-order valence-electron chi connectivity index (χ0n) is 14.9. The van der Waals surface area contributed by atoms with Crippen molar-refractivity contribution in [3.8, 4) is 22.6 Å². The van der Waals surface area contributed by atoms with Crippen molar-refractivity contribution in [3.05, 3.63) is 91.1 Å². The smallest absolute Gasteiger partial charge is 0.161 e. The lowest BCUT2D eigenvalue weighted by Gasteiger charge is -2.02. The van der Waals surface area contributed by atoms with Gasteiger partial charge >= 0.3 is 0 Å². The molecule has 6 aromatic rings. The average molecular weight is 361 g/mol. The van der Waals surface area contributed by atoms with E-state index in [1.165, 1.54) is 0 Å². The Balaban J connectivity index is 1.64. The topological polar surface area (TPSA) is 39.2 Å². The van der Waals surface area contributed by atoms with Crippen LogP contribution in [0.15, 0.2) is 100.0 Å². The Kier molecular flexibility index (Phi) is 3.17. The molecule has 3 nitrogen and oxygen atoms in total. The summed E-state index contributed by atoms with van der Waals surface area (Å²) < 4.78 is 12.5. The first-order valence-electron chi connectivity index (χ1n) is 9.23. The number of pyridine rings is 1. The molecule has 0 amide bonds. The van der Waals surface area contributed by atoms with E-state index in [9.17, 15) is 0 Å². The molecule has 0 spiro atoms. The van der Waals surface area contributed by atoms with Gasteiger partial charge in [0.2, 0.25) is 0 Å². The van der Waals surface area contributed by atoms with Crippen LogP contribution in [0.2, 0.25) is 0 Å². The molecule has 0 atom stereocenters. The molecule has 3 heterocycles. The summed E-state index contributed by atoms with van der Waals surface area (Å²) in [5, 5.41) is 3.22. The Labute approximate surface area is 160 Å². The molecule has 0 radical (unpaired) electrons. The SMILES string of the molecule is c1ccc(-c2cc3ccnc(-c4cccc5c4oc4ccccc45)c3o2)cc1. The second-order valence-electron chi connectivity index (χ2n) is 6.84. The van der Waals surface area contributed by atoms with Crippen LogP contribution in [-0.4, -0.2) is 4.98 Å². The molecule has 6 rings (SSSR count). The first-order valence-corrected chi connectivity index (χ1v) is 9.23. The summed E-state index contributed by atoms with van der Waals surface area (Å²) in [5.41, 5.74) is 5.27. The number of para-hydroxylation sites is 2. The van der Waals surface area contributed by atoms with E-state index >= 15 is 0 Å². The molecular formula is C25H15NO2. The van der Waals surface area contributed by atoms with Gasteiger partial charge in [0.25, 0.3) is 0 Å². The van der Waals surface area contributed by atoms with Crippen molar-refractivity contribution in [2.45, 2.75) is 0 Å². The van der Waals surface area contributed by atoms with Crippen molar-refractivity contribution < 1.29 is 8.83 Å². The average Bonchev–Trinajstić information content (AvgIpc) is 3.36. The molecule has 0 N–H and O–H groups in total. The Morgan fingerprint density at radius 3 is 2.39 bits per heavy atom. The van der Waals surface area contributed by atoms with Crippen LogP contribution in [0.3, 0.4) is 0 Å². The fourth-order valence-electron chi connectivity index (χ4n) is 3.83. The molecular weight excluding hydrogens is 346 g/mol. The molecule has 0 unspecified atom stereocenters. The largest absolute Gasteiger partial charge is 0.455 e. The minimum absolute atomic E-state index is 0.773. The highest BCUT2D eigenvalue weighted by molar-refractivity contribution is 6.11. The fourth-order valence-corrected chi connectivity index (χ4v) is 3.83. The fraction of sp³-hybridized carbons (Fsp3) is 0. The lowest BCUT2D eigenvalue weighted by Crippen LogP contribution is -1.84. The molecule has 0 aliphatic rings. The van der Waals surface area contributed by atoms with E-state index in [0.717, 1.165) is 55.5 Å². The summed E-state index contributed by atoms with van der Waals surface area (Å²) in [4.78, 5) is 4.65. The first-order chi connectivity index (χ1) is 13.9. The number of fused-ring (bicyclic) bond motifs is 4. The van der Waals surface area contributed by atoms with Gasteiger partial charge in [0.05, 0.1) is 0 Å². The van der Waals surface area contributed by atoms with E-state index in [0.29, 0.717) is 0 Å². The second-order valence-corrected chi connectivity index (χ2v) is 6.84. The van der Waals surface area contributed by atoms with Gasteiger partial charge in [0.15, 0.2) is 5.58 Å². The summed E-state index contributed by atoms with van der Waals surface area (Å²) in [5.74, 6) is 0.835. The molecule has 0 bridgehead atoms. The van der Waals surface area contributed by atoms with Crippen LogP contribution in [0.4, 0.5) is 0 Å². The number of aromatic nitrogens is 1. The third-order valence-corrected chi connectivity index (χ3v) is 5.15. The van der Waals surface area contributed by atoms with Gasteiger partial charge in [-0.1, -0.05) is 60.7 Å². The summed E-state index contributed by atoms with van der Waals surface area (Å²) in [6, 6.07) is 28.4. The number of nitrogens with zero attached hydrogens (tertiary/aromatic N) is 1. The normalized spacial score (nSPS) is 11.6. The first kappa shape index (κ1) is 15.2. The highest BCUT2D eigenvalue weighted by Gasteiger charge is 2.17. The van der Waals surface area contributed by atoms with Gasteiger partial charge in [0, 0.05) is 33.5 Å². The molecule has 3 heteroatoms. The monoisotopic (exact) mass is 361 g/mol. The van der Waals surface area contributed by atoms with Crippen molar-refractivity contribution >= 4 is 32.9 Å². The minimum atomic E-state index is 0.773. The van der Waals surface area contributed by atoms with Crippen LogP contribution in [0.5, 0.6) is 0 Å². The summed E-state index contributed by atoms with van der Waals surface area (Å²) in [6.45, 7) is 0. The van der Waals surface area contributed by atoms with E-state index in [4.69, 9.17) is 8.83 Å². The third kappa shape index (κ3) is 2.20. The van der Waals surface area contributed by atoms with Crippen molar-refractivity contribution in [1.29, 1.82) is 0 Å². The van der Waals surface area contributed by atoms with Gasteiger partial charge in [-0.2, -0.15) is 0 Å². The van der Waals surface area contributed by atoms with Gasteiger partial charge in [-0.05, 0) is 24.3 Å². The predicted octanol–water partition coefficient (Wildman–Crippen LogP) is 7.06. The zero-order chi connectivity index (χ0) is 18.5. The lowest BCUT2D eigenvalue weighted by molar-refractivity contribution is 0.630. The highest BCUT2D eigenvalue weighted by atomic mass is 16.3. The van der Waals surface area contributed by atoms with E-state index in [-0.39, 0.29) is 0 Å². The maximum Gasteiger partial charge on any atom is 0.161 e. The van der Waals surface area contributed by atoms with Gasteiger partial charge in [0.1, 0.15) is 22.6 Å². The Morgan fingerprint density at radius 1 is 0.643 bits per heavy atom. The van der Waals surface area contributed by atoms with E-state index in [1.54, 1.807) is 0 Å². The van der Waals surface area contributed by atoms with Gasteiger partial charge < -0.3 is 8.83 Å². The summed E-state index contributed by atoms with van der Waals surface area (Å²) >= 11 is 0. The maximum absolute atomic E-state index is 6.26. The standard InChI is InChI=1S/C25H15NO2/c1-2-7-16(8-3-1)22-15-17-13-14-26-23(24(17)28-22)20-11-6-10-19-18-9-4-5-12-21(18)27-25(19)20/h1-15H. The van der Waals surface area contributed by atoms with Crippen LogP contribution in [0.1, 0.15) is 0 Å². The number of furan rings is 2. The molecule has 3 aromatic heterocycles. The Bertz CT molecular complexity index is 1460. The number of benzene rings is 3. The van der Waals surface area contributed by atoms with Crippen molar-refractivity contribution in [2.24, 2.45) is 0 Å². The summed E-state index contributed by atoms with van der Waals surface area (Å²) in [6.07, 6.45) is 1.82. The predicted molar refractivity (Wildman–Crippen MR) is 112 cm³/mol. The quantitative estimate of drug-likeness (QED) is 0.331.